The lowest BCUT2D eigenvalue weighted by Gasteiger charge is -2.25. The fourth-order valence-electron chi connectivity index (χ4n) is 1.97. The third kappa shape index (κ3) is 2.63. The molecule has 1 aromatic carbocycles. The lowest BCUT2D eigenvalue weighted by molar-refractivity contribution is 0.0924. The fourth-order valence-corrected chi connectivity index (χ4v) is 2.38. The highest BCUT2D eigenvalue weighted by molar-refractivity contribution is 9.10. The van der Waals surface area contributed by atoms with Crippen LogP contribution in [0.4, 0.5) is 0 Å². The molecule has 1 fully saturated rings. The molecule has 0 bridgehead atoms. The number of likely N-dealkylation sites (N-methyl/N-ethyl adjacent to an activating group) is 1. The van der Waals surface area contributed by atoms with E-state index in [1.807, 2.05) is 25.2 Å². The molecule has 0 radical (unpaired) electrons. The number of aliphatic hydroxyl groups excluding tert-OH is 1. The number of hydrogen-bond acceptors (Lipinski definition) is 3. The van der Waals surface area contributed by atoms with Gasteiger partial charge in [-0.15, -0.1) is 0 Å². The number of hydrogen-bond donors (Lipinski definition) is 1. The molecule has 1 saturated heterocycles. The Kier molecular flexibility index (Phi) is 3.97. The van der Waals surface area contributed by atoms with E-state index >= 15 is 0 Å². The normalized spacial score (nSPS) is 25.2. The van der Waals surface area contributed by atoms with Crippen LogP contribution in [0.15, 0.2) is 28.7 Å². The number of halogens is 1. The SMILES string of the molecule is CN(Cc1ccccc1Br)C1COCC1O. The molecule has 0 aliphatic carbocycles. The second-order valence-corrected chi connectivity index (χ2v) is 5.03. The smallest absolute Gasteiger partial charge is 0.0950 e. The Hall–Kier alpha value is -0.420. The minimum Gasteiger partial charge on any atom is -0.389 e. The van der Waals surface area contributed by atoms with Crippen LogP contribution in [0.25, 0.3) is 0 Å². The zero-order valence-corrected chi connectivity index (χ0v) is 10.9. The van der Waals surface area contributed by atoms with Crippen molar-refractivity contribution in [2.45, 2.75) is 18.7 Å². The number of nitrogens with zero attached hydrogens (tertiary/aromatic N) is 1. The summed E-state index contributed by atoms with van der Waals surface area (Å²) in [7, 11) is 2.02. The number of ether oxygens (including phenoxy) is 1. The van der Waals surface area contributed by atoms with Crippen LogP contribution >= 0.6 is 15.9 Å². The van der Waals surface area contributed by atoms with Crippen molar-refractivity contribution in [3.05, 3.63) is 34.3 Å². The average molecular weight is 286 g/mol. The second kappa shape index (κ2) is 5.27. The zero-order chi connectivity index (χ0) is 11.5. The predicted octanol–water partition coefficient (Wildman–Crippen LogP) is 1.64. The summed E-state index contributed by atoms with van der Waals surface area (Å²) in [4.78, 5) is 2.14. The Bertz CT molecular complexity index is 359. The molecule has 1 heterocycles. The molecule has 4 heteroatoms. The number of rotatable bonds is 3. The van der Waals surface area contributed by atoms with Crippen LogP contribution in [-0.2, 0) is 11.3 Å². The molecular formula is C12H16BrNO2. The maximum absolute atomic E-state index is 9.73. The van der Waals surface area contributed by atoms with Gasteiger partial charge in [-0.1, -0.05) is 34.1 Å². The van der Waals surface area contributed by atoms with Crippen molar-refractivity contribution in [3.8, 4) is 0 Å². The van der Waals surface area contributed by atoms with E-state index in [0.717, 1.165) is 11.0 Å². The van der Waals surface area contributed by atoms with E-state index in [-0.39, 0.29) is 12.1 Å². The van der Waals surface area contributed by atoms with Crippen LogP contribution in [0, 0.1) is 0 Å². The lowest BCUT2D eigenvalue weighted by Crippen LogP contribution is -2.39. The van der Waals surface area contributed by atoms with Crippen molar-refractivity contribution in [2.75, 3.05) is 20.3 Å². The first-order valence-electron chi connectivity index (χ1n) is 5.38. The van der Waals surface area contributed by atoms with Gasteiger partial charge in [0.15, 0.2) is 0 Å². The first-order chi connectivity index (χ1) is 7.68. The Labute approximate surface area is 104 Å². The molecule has 1 aliphatic rings. The van der Waals surface area contributed by atoms with Gasteiger partial charge in [-0.25, -0.2) is 0 Å². The van der Waals surface area contributed by atoms with Gasteiger partial charge in [0, 0.05) is 11.0 Å². The highest BCUT2D eigenvalue weighted by Gasteiger charge is 2.29. The number of aliphatic hydroxyl groups is 1. The van der Waals surface area contributed by atoms with Crippen molar-refractivity contribution in [3.63, 3.8) is 0 Å². The molecule has 0 amide bonds. The average Bonchev–Trinajstić information content (AvgIpc) is 2.68. The quantitative estimate of drug-likeness (QED) is 0.917. The zero-order valence-electron chi connectivity index (χ0n) is 9.27. The first-order valence-corrected chi connectivity index (χ1v) is 6.17. The van der Waals surface area contributed by atoms with E-state index in [9.17, 15) is 5.11 Å². The van der Waals surface area contributed by atoms with E-state index < -0.39 is 0 Å². The van der Waals surface area contributed by atoms with Crippen molar-refractivity contribution >= 4 is 15.9 Å². The second-order valence-electron chi connectivity index (χ2n) is 4.18. The monoisotopic (exact) mass is 285 g/mol. The Morgan fingerprint density at radius 2 is 2.19 bits per heavy atom. The minimum absolute atomic E-state index is 0.104. The lowest BCUT2D eigenvalue weighted by atomic mass is 10.1. The largest absolute Gasteiger partial charge is 0.389 e. The highest BCUT2D eigenvalue weighted by Crippen LogP contribution is 2.20. The van der Waals surface area contributed by atoms with Crippen molar-refractivity contribution in [2.24, 2.45) is 0 Å². The summed E-state index contributed by atoms with van der Waals surface area (Å²) in [5.74, 6) is 0. The summed E-state index contributed by atoms with van der Waals surface area (Å²) in [5.41, 5.74) is 1.23. The van der Waals surface area contributed by atoms with E-state index in [1.54, 1.807) is 0 Å². The Morgan fingerprint density at radius 3 is 2.81 bits per heavy atom. The predicted molar refractivity (Wildman–Crippen MR) is 66.2 cm³/mol. The van der Waals surface area contributed by atoms with Gasteiger partial charge in [0.1, 0.15) is 0 Å². The van der Waals surface area contributed by atoms with Gasteiger partial charge < -0.3 is 9.84 Å². The van der Waals surface area contributed by atoms with Gasteiger partial charge >= 0.3 is 0 Å². The molecule has 16 heavy (non-hydrogen) atoms. The molecule has 1 N–H and O–H groups in total. The summed E-state index contributed by atoms with van der Waals surface area (Å²) < 4.78 is 6.36. The molecule has 0 saturated carbocycles. The van der Waals surface area contributed by atoms with E-state index in [1.165, 1.54) is 5.56 Å². The van der Waals surface area contributed by atoms with E-state index in [4.69, 9.17) is 4.74 Å². The standard InChI is InChI=1S/C12H16BrNO2/c1-14(11-7-16-8-12(11)15)6-9-4-2-3-5-10(9)13/h2-5,11-12,15H,6-8H2,1H3. The van der Waals surface area contributed by atoms with Crippen LogP contribution < -0.4 is 0 Å². The first kappa shape index (κ1) is 12.0. The van der Waals surface area contributed by atoms with Crippen LogP contribution in [0.2, 0.25) is 0 Å². The molecule has 88 valence electrons. The van der Waals surface area contributed by atoms with E-state index in [2.05, 4.69) is 26.9 Å². The molecule has 1 aliphatic heterocycles. The van der Waals surface area contributed by atoms with Gasteiger partial charge in [0.05, 0.1) is 25.4 Å². The van der Waals surface area contributed by atoms with Crippen LogP contribution in [0.5, 0.6) is 0 Å². The summed E-state index contributed by atoms with van der Waals surface area (Å²) in [6.45, 7) is 1.87. The van der Waals surface area contributed by atoms with Gasteiger partial charge in [0.2, 0.25) is 0 Å². The molecule has 3 nitrogen and oxygen atoms in total. The van der Waals surface area contributed by atoms with Crippen molar-refractivity contribution in [1.82, 2.24) is 4.90 Å². The van der Waals surface area contributed by atoms with E-state index in [0.29, 0.717) is 13.2 Å². The molecule has 2 rings (SSSR count). The van der Waals surface area contributed by atoms with Crippen molar-refractivity contribution in [1.29, 1.82) is 0 Å². The van der Waals surface area contributed by atoms with Crippen molar-refractivity contribution < 1.29 is 9.84 Å². The third-order valence-electron chi connectivity index (χ3n) is 2.97. The Morgan fingerprint density at radius 1 is 1.44 bits per heavy atom. The van der Waals surface area contributed by atoms with Gasteiger partial charge in [-0.2, -0.15) is 0 Å². The topological polar surface area (TPSA) is 32.7 Å². The molecule has 0 spiro atoms. The minimum atomic E-state index is -0.368. The number of benzene rings is 1. The summed E-state index contributed by atoms with van der Waals surface area (Å²) in [6.07, 6.45) is -0.368. The Balaban J connectivity index is 2.02. The summed E-state index contributed by atoms with van der Waals surface area (Å²) in [6, 6.07) is 8.25. The molecule has 2 atom stereocenters. The van der Waals surface area contributed by atoms with Gasteiger partial charge in [0.25, 0.3) is 0 Å². The third-order valence-corrected chi connectivity index (χ3v) is 3.74. The summed E-state index contributed by atoms with van der Waals surface area (Å²) in [5, 5.41) is 9.73. The molecular weight excluding hydrogens is 270 g/mol. The summed E-state index contributed by atoms with van der Waals surface area (Å²) >= 11 is 3.53. The van der Waals surface area contributed by atoms with Crippen LogP contribution in [0.3, 0.4) is 0 Å². The maximum atomic E-state index is 9.73. The molecule has 0 aromatic heterocycles. The fraction of sp³-hybridized carbons (Fsp3) is 0.500. The van der Waals surface area contributed by atoms with Crippen LogP contribution in [-0.4, -0.2) is 42.4 Å². The highest BCUT2D eigenvalue weighted by atomic mass is 79.9. The molecule has 2 unspecified atom stereocenters. The maximum Gasteiger partial charge on any atom is 0.0950 e. The van der Waals surface area contributed by atoms with Gasteiger partial charge in [-0.05, 0) is 18.7 Å². The van der Waals surface area contributed by atoms with Crippen LogP contribution in [0.1, 0.15) is 5.56 Å². The molecule has 1 aromatic rings. The van der Waals surface area contributed by atoms with Gasteiger partial charge in [-0.3, -0.25) is 4.90 Å².